The van der Waals surface area contributed by atoms with Gasteiger partial charge < -0.3 is 57.1 Å². The highest BCUT2D eigenvalue weighted by atomic mass is 33.5. The van der Waals surface area contributed by atoms with Gasteiger partial charge in [0.05, 0.1) is 45.9 Å². The van der Waals surface area contributed by atoms with Gasteiger partial charge in [0.15, 0.2) is 52.1 Å². The van der Waals surface area contributed by atoms with Crippen LogP contribution in [0.25, 0.3) is 0 Å². The molecule has 21 nitrogen and oxygen atoms in total. The molecule has 0 fully saturated rings. The molecule has 7 heterocycles. The van der Waals surface area contributed by atoms with E-state index < -0.39 is 0 Å². The van der Waals surface area contributed by atoms with Crippen molar-refractivity contribution in [2.45, 2.75) is 60.8 Å². The summed E-state index contributed by atoms with van der Waals surface area (Å²) in [4.78, 5) is 0. The monoisotopic (exact) mass is 1370 g/mol. The first-order valence-electron chi connectivity index (χ1n) is 17.6. The number of thioether (sulfide) groups is 7. The van der Waals surface area contributed by atoms with Gasteiger partial charge in [-0.2, -0.15) is 10.2 Å². The van der Waals surface area contributed by atoms with Crippen LogP contribution in [0.5, 0.6) is 0 Å². The molecule has 0 saturated carbocycles. The van der Waals surface area contributed by atoms with Gasteiger partial charge in [0.25, 0.3) is 0 Å². The van der Waals surface area contributed by atoms with Crippen molar-refractivity contribution in [2.75, 3.05) is 91.3 Å². The van der Waals surface area contributed by atoms with Crippen LogP contribution < -0.4 is 0 Å². The maximum Gasteiger partial charge on any atom is 0.186 e. The topological polar surface area (TPSA) is 245 Å². The van der Waals surface area contributed by atoms with Crippen LogP contribution in [0, 0.1) is 7.43 Å². The van der Waals surface area contributed by atoms with Crippen LogP contribution in [-0.4, -0.2) is 163 Å². The first-order valence-corrected chi connectivity index (χ1v) is 37.1. The third-order valence-electron chi connectivity index (χ3n) is 5.39. The van der Waals surface area contributed by atoms with Crippen LogP contribution in [0.2, 0.25) is 0 Å². The van der Waals surface area contributed by atoms with Crippen LogP contribution in [0.3, 0.4) is 0 Å². The first-order chi connectivity index (χ1) is 34.3. The highest BCUT2D eigenvalue weighted by Gasteiger charge is 2.13. The van der Waals surface area contributed by atoms with Crippen molar-refractivity contribution in [3.63, 3.8) is 0 Å². The minimum Gasteiger partial charge on any atom is -0.406 e. The van der Waals surface area contributed by atoms with Crippen molar-refractivity contribution in [3.05, 3.63) is 7.43 Å². The Hall–Kier alpha value is 1.28. The molecule has 0 aromatic carbocycles. The number of hydrogen-bond donors (Lipinski definition) is 0. The van der Waals surface area contributed by atoms with Gasteiger partial charge in [0.2, 0.25) is 0 Å². The number of methoxy groups -OCH3 is 7. The molecule has 0 bridgehead atoms. The van der Waals surface area contributed by atoms with E-state index >= 15 is 0 Å². The molecule has 7 aromatic rings. The standard InChI is InChI=1S/C8H10N4O2S7.C8H10N4O2S6.C8H10N4O2S5.C4H6N2OS3.CH3/c1-13-3-15-5-9-11-7(17-5)19-21-20-8-12-10-6(18-8)16-4-14-2;1-13-3-15-5-9-11-7(17-5)19-20-8-12-10-6(18-8)16-4-14-2;1-13-3-15-5-9-11-7(17-5)19-8-12-10-6(18-8)16-4-14-2;1-7-2-9-4-6-5-3(8)10-4;/h3-4H2,1-2H3;3-4H2,1-2H3;3-4H2,1-2H3;2H2,1H3,(H,5,8);1H3/q;;;;+1/p-1. The third kappa shape index (κ3) is 29.7. The van der Waals surface area contributed by atoms with Gasteiger partial charge in [-0.05, 0) is 69.1 Å². The Kier molecular flexibility index (Phi) is 39.6. The molecular weight excluding hydrogens is 1330 g/mol. The molecule has 0 aliphatic heterocycles. The van der Waals surface area contributed by atoms with Crippen LogP contribution in [0.15, 0.2) is 60.8 Å². The molecule has 0 spiro atoms. The molecule has 0 amide bonds. The second-order valence-electron chi connectivity index (χ2n) is 10.2. The van der Waals surface area contributed by atoms with E-state index in [1.165, 1.54) is 126 Å². The average molecular weight is 1370 g/mol. The highest BCUT2D eigenvalue weighted by molar-refractivity contribution is 9.09. The third-order valence-corrected chi connectivity index (χ3v) is 28.0. The number of hydrogen-bond acceptors (Lipinski definition) is 42. The lowest BCUT2D eigenvalue weighted by molar-refractivity contribution is 0.259. The Morgan fingerprint density at radius 3 is 0.761 bits per heavy atom. The van der Waals surface area contributed by atoms with E-state index in [0.717, 1.165) is 56.4 Å². The van der Waals surface area contributed by atoms with Crippen molar-refractivity contribution in [3.8, 4) is 0 Å². The summed E-state index contributed by atoms with van der Waals surface area (Å²) < 4.78 is 46.9. The lowest BCUT2D eigenvalue weighted by Crippen LogP contribution is -1.79. The normalized spacial score (nSPS) is 10.8. The minimum absolute atomic E-state index is 0. The van der Waals surface area contributed by atoms with Gasteiger partial charge in [0, 0.05) is 57.2 Å². The Labute approximate surface area is 496 Å². The Balaban J connectivity index is 0.000000256. The molecule has 0 aliphatic rings. The molecule has 7 rings (SSSR count). The number of ether oxygens (including phenoxy) is 7. The largest absolute Gasteiger partial charge is 0.406 e. The van der Waals surface area contributed by atoms with Gasteiger partial charge in [-0.1, -0.05) is 150 Å². The summed E-state index contributed by atoms with van der Waals surface area (Å²) in [6.07, 6.45) is 0. The maximum atomic E-state index is 4.99. The average Bonchev–Trinajstić information content (AvgIpc) is 4.25. The highest BCUT2D eigenvalue weighted by Crippen LogP contribution is 2.47. The van der Waals surface area contributed by atoms with Gasteiger partial charge in [-0.15, -0.1) is 61.2 Å². The predicted molar refractivity (Wildman–Crippen MR) is 311 cm³/mol. The molecule has 0 atom stereocenters. The summed E-state index contributed by atoms with van der Waals surface area (Å²) in [5.41, 5.74) is 0. The summed E-state index contributed by atoms with van der Waals surface area (Å²) in [5.74, 6) is 4.11. The van der Waals surface area contributed by atoms with Gasteiger partial charge in [-0.25, -0.2) is 0 Å². The number of nitrogens with zero attached hydrogens (tertiary/aromatic N) is 14. The zero-order valence-corrected chi connectivity index (χ0v) is 54.8. The number of aromatic nitrogens is 14. The van der Waals surface area contributed by atoms with Crippen molar-refractivity contribution < 1.29 is 33.2 Å². The zero-order chi connectivity index (χ0) is 50.0. The molecule has 0 N–H and O–H groups in total. The SMILES string of the molecule is COCSc1nnc(SSSc2nnc(SCOC)s2)s1.COCSc1nnc(SSc2nnc(SCOC)s2)s1.COCSc1nnc(Sc2nnc(SCOC)s2)s1.COCSc1nnc([S-])s1.[CH3+]. The van der Waals surface area contributed by atoms with E-state index in [4.69, 9.17) is 45.8 Å². The van der Waals surface area contributed by atoms with E-state index in [0.29, 0.717) is 45.9 Å². The molecule has 42 heteroatoms. The van der Waals surface area contributed by atoms with Crippen LogP contribution in [0.4, 0.5) is 0 Å². The Morgan fingerprint density at radius 2 is 0.507 bits per heavy atom. The zero-order valence-electron chi connectivity index (χ0n) is 37.6. The fourth-order valence-electron chi connectivity index (χ4n) is 2.99. The Morgan fingerprint density at radius 1 is 0.296 bits per heavy atom. The fraction of sp³-hybridized carbons (Fsp3) is 0.483. The lowest BCUT2D eigenvalue weighted by Gasteiger charge is -1.94. The first kappa shape index (κ1) is 66.6. The van der Waals surface area contributed by atoms with E-state index in [9.17, 15) is 0 Å². The second-order valence-corrected chi connectivity index (χ2v) is 34.4. The molecule has 0 radical (unpaired) electrons. The summed E-state index contributed by atoms with van der Waals surface area (Å²) >= 11 is 27.6. The molecule has 7 aromatic heterocycles. The van der Waals surface area contributed by atoms with Crippen molar-refractivity contribution in [2.24, 2.45) is 0 Å². The predicted octanol–water partition coefficient (Wildman–Crippen LogP) is 12.3. The van der Waals surface area contributed by atoms with E-state index in [1.807, 2.05) is 0 Å². The lowest BCUT2D eigenvalue weighted by atomic mass is 11.5. The minimum atomic E-state index is 0. The van der Waals surface area contributed by atoms with Crippen LogP contribution in [0.1, 0.15) is 0 Å². The van der Waals surface area contributed by atoms with Gasteiger partial charge >= 0.3 is 0 Å². The van der Waals surface area contributed by atoms with E-state index in [2.05, 4.69) is 71.4 Å². The molecule has 392 valence electrons. The van der Waals surface area contributed by atoms with Crippen molar-refractivity contribution >= 4 is 239 Å². The van der Waals surface area contributed by atoms with Gasteiger partial charge in [0.1, 0.15) is 0 Å². The summed E-state index contributed by atoms with van der Waals surface area (Å²) in [6.45, 7) is 0. The smallest absolute Gasteiger partial charge is 0.186 e. The van der Waals surface area contributed by atoms with E-state index in [1.54, 1.807) is 150 Å². The summed E-state index contributed by atoms with van der Waals surface area (Å²) in [7, 11) is 19.4. The molecule has 0 saturated heterocycles. The quantitative estimate of drug-likeness (QED) is 0.0133. The second kappa shape index (κ2) is 42.3. The molecule has 0 unspecified atom stereocenters. The molecule has 0 aliphatic carbocycles. The number of rotatable bonds is 30. The maximum absolute atomic E-state index is 4.99. The fourth-order valence-corrected chi connectivity index (χ4v) is 22.9. The molecular formula is C29H38N14O7S21. The summed E-state index contributed by atoms with van der Waals surface area (Å²) in [6, 6.07) is 0. The van der Waals surface area contributed by atoms with E-state index in [-0.39, 0.29) is 7.43 Å². The van der Waals surface area contributed by atoms with Crippen LogP contribution >= 0.6 is 226 Å². The Bertz CT molecular complexity index is 2250. The van der Waals surface area contributed by atoms with Crippen molar-refractivity contribution in [1.82, 2.24) is 71.4 Å². The molecule has 71 heavy (non-hydrogen) atoms. The van der Waals surface area contributed by atoms with Crippen molar-refractivity contribution in [1.29, 1.82) is 0 Å². The van der Waals surface area contributed by atoms with Crippen LogP contribution in [-0.2, 0) is 45.8 Å². The van der Waals surface area contributed by atoms with Gasteiger partial charge in [-0.3, -0.25) is 0 Å². The summed E-state index contributed by atoms with van der Waals surface area (Å²) in [5, 5.41) is 56.6.